The third kappa shape index (κ3) is 2.28. The maximum Gasteiger partial charge on any atom is 0.275 e. The first kappa shape index (κ1) is 12.7. The Balaban J connectivity index is 1.97. The lowest BCUT2D eigenvalue weighted by Gasteiger charge is -2.00. The van der Waals surface area contributed by atoms with Gasteiger partial charge in [-0.3, -0.25) is 9.59 Å². The Morgan fingerprint density at radius 2 is 1.95 bits per heavy atom. The van der Waals surface area contributed by atoms with Crippen molar-refractivity contribution in [3.63, 3.8) is 0 Å². The predicted octanol–water partition coefficient (Wildman–Crippen LogP) is 3.09. The molecule has 1 aromatic heterocycles. The van der Waals surface area contributed by atoms with Gasteiger partial charge in [-0.25, -0.2) is 4.39 Å². The van der Waals surface area contributed by atoms with Gasteiger partial charge in [-0.15, -0.1) is 0 Å². The Morgan fingerprint density at radius 1 is 1.15 bits per heavy atom. The van der Waals surface area contributed by atoms with Crippen molar-refractivity contribution < 1.29 is 9.18 Å². The number of hydrogen-bond donors (Lipinski definition) is 0. The Bertz CT molecular complexity index is 850. The van der Waals surface area contributed by atoms with Crippen LogP contribution in [0.2, 0.25) is 0 Å². The first-order chi connectivity index (χ1) is 9.65. The summed E-state index contributed by atoms with van der Waals surface area (Å²) in [5.74, 6) is -0.735. The molecule has 2 aromatic carbocycles. The van der Waals surface area contributed by atoms with E-state index in [1.54, 1.807) is 30.3 Å². The molecule has 0 spiro atoms. The highest BCUT2D eigenvalue weighted by Gasteiger charge is 2.14. The topological polar surface area (TPSA) is 39.1 Å². The molecule has 3 aromatic rings. The van der Waals surface area contributed by atoms with Crippen LogP contribution in [0.5, 0.6) is 0 Å². The second-order valence-electron chi connectivity index (χ2n) is 4.39. The van der Waals surface area contributed by atoms with E-state index in [0.717, 1.165) is 20.2 Å². The summed E-state index contributed by atoms with van der Waals surface area (Å²) in [5.41, 5.74) is 0.242. The molecule has 20 heavy (non-hydrogen) atoms. The zero-order valence-corrected chi connectivity index (χ0v) is 11.2. The van der Waals surface area contributed by atoms with E-state index in [1.165, 1.54) is 12.1 Å². The molecule has 0 unspecified atom stereocenters. The summed E-state index contributed by atoms with van der Waals surface area (Å²) < 4.78 is 15.0. The van der Waals surface area contributed by atoms with Crippen molar-refractivity contribution in [2.24, 2.45) is 0 Å². The zero-order chi connectivity index (χ0) is 14.1. The molecule has 100 valence electrons. The van der Waals surface area contributed by atoms with E-state index in [1.807, 2.05) is 6.07 Å². The number of carbonyl (C=O) groups excluding carboxylic acids is 1. The van der Waals surface area contributed by atoms with E-state index in [9.17, 15) is 14.0 Å². The third-order valence-electron chi connectivity index (χ3n) is 2.96. The molecule has 0 fully saturated rings. The van der Waals surface area contributed by atoms with Crippen LogP contribution >= 0.6 is 11.5 Å². The summed E-state index contributed by atoms with van der Waals surface area (Å²) in [6.45, 7) is 0. The second-order valence-corrected chi connectivity index (χ2v) is 5.37. The number of rotatable bonds is 2. The van der Waals surface area contributed by atoms with Crippen LogP contribution in [0.3, 0.4) is 0 Å². The summed E-state index contributed by atoms with van der Waals surface area (Å²) >= 11 is 1.12. The summed E-state index contributed by atoms with van der Waals surface area (Å²) in [4.78, 5) is 24.3. The molecule has 0 aliphatic heterocycles. The van der Waals surface area contributed by atoms with Gasteiger partial charge in [0.05, 0.1) is 16.5 Å². The minimum absolute atomic E-state index is 0.00445. The van der Waals surface area contributed by atoms with Crippen molar-refractivity contribution in [2.45, 2.75) is 6.42 Å². The highest BCUT2D eigenvalue weighted by Crippen LogP contribution is 2.16. The van der Waals surface area contributed by atoms with E-state index in [-0.39, 0.29) is 23.7 Å². The number of carbonyl (C=O) groups is 1. The normalized spacial score (nSPS) is 10.8. The lowest BCUT2D eigenvalue weighted by molar-refractivity contribution is 0.0923. The molecule has 0 aliphatic rings. The van der Waals surface area contributed by atoms with Gasteiger partial charge in [0, 0.05) is 0 Å². The number of halogens is 1. The molecule has 0 atom stereocenters. The van der Waals surface area contributed by atoms with Gasteiger partial charge in [-0.1, -0.05) is 24.3 Å². The Kier molecular flexibility index (Phi) is 3.20. The molecule has 0 aliphatic carbocycles. The summed E-state index contributed by atoms with van der Waals surface area (Å²) in [5, 5.41) is 0.532. The van der Waals surface area contributed by atoms with Crippen molar-refractivity contribution in [1.82, 2.24) is 3.96 Å². The second kappa shape index (κ2) is 5.02. The molecule has 0 bridgehead atoms. The molecule has 3 nitrogen and oxygen atoms in total. The molecular formula is C15H10FNO2S. The quantitative estimate of drug-likeness (QED) is 0.726. The minimum atomic E-state index is -0.390. The summed E-state index contributed by atoms with van der Waals surface area (Å²) in [6, 6.07) is 12.9. The van der Waals surface area contributed by atoms with E-state index < -0.39 is 0 Å². The standard InChI is InChI=1S/C15H10FNO2S/c16-11-5-3-4-10(8-11)9-14(18)17-15(19)12-6-1-2-7-13(12)20-17/h1-8H,9H2. The molecular weight excluding hydrogens is 277 g/mol. The van der Waals surface area contributed by atoms with Gasteiger partial charge >= 0.3 is 0 Å². The number of hydrogen-bond acceptors (Lipinski definition) is 3. The van der Waals surface area contributed by atoms with Crippen LogP contribution in [0, 0.1) is 5.82 Å². The van der Waals surface area contributed by atoms with Crippen LogP contribution in [0.4, 0.5) is 4.39 Å². The molecule has 3 rings (SSSR count). The van der Waals surface area contributed by atoms with Crippen LogP contribution in [-0.2, 0) is 6.42 Å². The number of fused-ring (bicyclic) bond motifs is 1. The lowest BCUT2D eigenvalue weighted by Crippen LogP contribution is -2.22. The Hall–Kier alpha value is -2.27. The zero-order valence-electron chi connectivity index (χ0n) is 10.4. The molecule has 0 saturated heterocycles. The van der Waals surface area contributed by atoms with Crippen LogP contribution in [0.25, 0.3) is 10.1 Å². The molecule has 0 saturated carbocycles. The van der Waals surface area contributed by atoms with Gasteiger partial charge in [-0.2, -0.15) is 3.96 Å². The smallest absolute Gasteiger partial charge is 0.273 e. The average Bonchev–Trinajstić information content (AvgIpc) is 2.77. The third-order valence-corrected chi connectivity index (χ3v) is 4.07. The number of aromatic nitrogens is 1. The first-order valence-electron chi connectivity index (χ1n) is 6.04. The van der Waals surface area contributed by atoms with Crippen molar-refractivity contribution in [3.8, 4) is 0 Å². The van der Waals surface area contributed by atoms with Crippen molar-refractivity contribution in [2.75, 3.05) is 0 Å². The molecule has 0 amide bonds. The average molecular weight is 287 g/mol. The van der Waals surface area contributed by atoms with Crippen LogP contribution < -0.4 is 5.56 Å². The van der Waals surface area contributed by atoms with Crippen molar-refractivity contribution in [1.29, 1.82) is 0 Å². The molecule has 5 heteroatoms. The highest BCUT2D eigenvalue weighted by molar-refractivity contribution is 7.14. The highest BCUT2D eigenvalue weighted by atomic mass is 32.1. The fourth-order valence-corrected chi connectivity index (χ4v) is 2.97. The van der Waals surface area contributed by atoms with E-state index in [4.69, 9.17) is 0 Å². The van der Waals surface area contributed by atoms with Crippen LogP contribution in [-0.4, -0.2) is 9.86 Å². The van der Waals surface area contributed by atoms with Gasteiger partial charge in [0.1, 0.15) is 5.82 Å². The maximum atomic E-state index is 13.1. The Labute approximate surface area is 118 Å². The minimum Gasteiger partial charge on any atom is -0.273 e. The SMILES string of the molecule is O=C(Cc1cccc(F)c1)n1sc2ccccc2c1=O. The van der Waals surface area contributed by atoms with Crippen LogP contribution in [0.1, 0.15) is 10.4 Å². The molecule has 0 radical (unpaired) electrons. The van der Waals surface area contributed by atoms with Gasteiger partial charge in [-0.05, 0) is 41.4 Å². The van der Waals surface area contributed by atoms with Crippen molar-refractivity contribution in [3.05, 3.63) is 70.3 Å². The fourth-order valence-electron chi connectivity index (χ4n) is 2.03. The fraction of sp³-hybridized carbons (Fsp3) is 0.0667. The molecule has 0 N–H and O–H groups in total. The number of nitrogens with zero attached hydrogens (tertiary/aromatic N) is 1. The Morgan fingerprint density at radius 3 is 2.70 bits per heavy atom. The monoisotopic (exact) mass is 287 g/mol. The van der Waals surface area contributed by atoms with Gasteiger partial charge in [0.2, 0.25) is 5.91 Å². The maximum absolute atomic E-state index is 13.1. The largest absolute Gasteiger partial charge is 0.275 e. The van der Waals surface area contributed by atoms with Crippen LogP contribution in [0.15, 0.2) is 53.3 Å². The van der Waals surface area contributed by atoms with Gasteiger partial charge in [0.25, 0.3) is 5.56 Å². The lowest BCUT2D eigenvalue weighted by atomic mass is 10.1. The van der Waals surface area contributed by atoms with Gasteiger partial charge < -0.3 is 0 Å². The summed E-state index contributed by atoms with van der Waals surface area (Å²) in [7, 11) is 0. The first-order valence-corrected chi connectivity index (χ1v) is 6.81. The van der Waals surface area contributed by atoms with E-state index in [0.29, 0.717) is 10.9 Å². The predicted molar refractivity (Wildman–Crippen MR) is 76.8 cm³/mol. The summed E-state index contributed by atoms with van der Waals surface area (Å²) in [6.07, 6.45) is 0.00445. The van der Waals surface area contributed by atoms with E-state index in [2.05, 4.69) is 0 Å². The van der Waals surface area contributed by atoms with Crippen molar-refractivity contribution >= 4 is 27.5 Å². The van der Waals surface area contributed by atoms with E-state index >= 15 is 0 Å². The number of benzene rings is 2. The molecule has 1 heterocycles. The van der Waals surface area contributed by atoms with Gasteiger partial charge in [0.15, 0.2) is 0 Å².